The second-order valence-electron chi connectivity index (χ2n) is 4.30. The molecule has 0 aromatic carbocycles. The van der Waals surface area contributed by atoms with Gasteiger partial charge in [-0.15, -0.1) is 0 Å². The summed E-state index contributed by atoms with van der Waals surface area (Å²) < 4.78 is 0. The van der Waals surface area contributed by atoms with E-state index in [1.54, 1.807) is 0 Å². The topological polar surface area (TPSA) is 43.7 Å². The van der Waals surface area contributed by atoms with Gasteiger partial charge in [0.2, 0.25) is 0 Å². The molecule has 2 N–H and O–H groups in total. The second-order valence-corrected chi connectivity index (χ2v) is 4.30. The van der Waals surface area contributed by atoms with Crippen LogP contribution in [0.3, 0.4) is 0 Å². The summed E-state index contributed by atoms with van der Waals surface area (Å²) in [6.07, 6.45) is 2.98. The summed E-state index contributed by atoms with van der Waals surface area (Å²) in [5.41, 5.74) is -0.599. The molecule has 0 amide bonds. The number of hydrogen-bond acceptors (Lipinski definition) is 3. The molecule has 3 heteroatoms. The fourth-order valence-corrected chi connectivity index (χ4v) is 1.86. The van der Waals surface area contributed by atoms with Gasteiger partial charge in [-0.05, 0) is 32.7 Å². The van der Waals surface area contributed by atoms with Crippen LogP contribution in [0.25, 0.3) is 0 Å². The molecule has 1 heterocycles. The highest BCUT2D eigenvalue weighted by Crippen LogP contribution is 2.20. The molecule has 1 rings (SSSR count). The lowest BCUT2D eigenvalue weighted by Crippen LogP contribution is -2.43. The van der Waals surface area contributed by atoms with Crippen LogP contribution in [-0.2, 0) is 0 Å². The zero-order chi connectivity index (χ0) is 9.90. The van der Waals surface area contributed by atoms with Gasteiger partial charge in [0.15, 0.2) is 0 Å². The van der Waals surface area contributed by atoms with Gasteiger partial charge in [-0.1, -0.05) is 6.92 Å². The highest BCUT2D eigenvalue weighted by molar-refractivity contribution is 4.84. The van der Waals surface area contributed by atoms with Gasteiger partial charge in [-0.2, -0.15) is 0 Å². The Bertz CT molecular complexity index is 159. The third-order valence-corrected chi connectivity index (χ3v) is 3.02. The van der Waals surface area contributed by atoms with Crippen LogP contribution in [0.4, 0.5) is 0 Å². The number of likely N-dealkylation sites (tertiary alicyclic amines) is 1. The van der Waals surface area contributed by atoms with Crippen molar-refractivity contribution in [3.8, 4) is 0 Å². The number of aliphatic hydroxyl groups excluding tert-OH is 1. The van der Waals surface area contributed by atoms with Crippen molar-refractivity contribution in [2.24, 2.45) is 0 Å². The van der Waals surface area contributed by atoms with Crippen LogP contribution in [0.1, 0.15) is 33.1 Å². The zero-order valence-electron chi connectivity index (χ0n) is 8.66. The van der Waals surface area contributed by atoms with Gasteiger partial charge in [-0.25, -0.2) is 0 Å². The molecule has 0 bridgehead atoms. The van der Waals surface area contributed by atoms with E-state index in [1.165, 1.54) is 0 Å². The number of β-amino-alcohol motifs (C(OH)–C–C–N with tert-alkyl or cyclic N) is 1. The molecule has 2 unspecified atom stereocenters. The number of rotatable bonds is 4. The normalized spacial score (nSPS) is 29.1. The lowest BCUT2D eigenvalue weighted by atomic mass is 10.0. The average Bonchev–Trinajstić information content (AvgIpc) is 2.51. The molecule has 2 atom stereocenters. The smallest absolute Gasteiger partial charge is 0.0743 e. The van der Waals surface area contributed by atoms with Crippen LogP contribution in [0.2, 0.25) is 0 Å². The van der Waals surface area contributed by atoms with Gasteiger partial charge < -0.3 is 10.2 Å². The summed E-state index contributed by atoms with van der Waals surface area (Å²) in [4.78, 5) is 2.20. The maximum Gasteiger partial charge on any atom is 0.0743 e. The minimum absolute atomic E-state index is 0.222. The van der Waals surface area contributed by atoms with Crippen molar-refractivity contribution in [3.05, 3.63) is 0 Å². The Hall–Kier alpha value is -0.120. The van der Waals surface area contributed by atoms with Crippen LogP contribution in [-0.4, -0.2) is 46.5 Å². The molecule has 78 valence electrons. The fourth-order valence-electron chi connectivity index (χ4n) is 1.86. The second kappa shape index (κ2) is 4.40. The number of nitrogens with zero attached hydrogens (tertiary/aromatic N) is 1. The van der Waals surface area contributed by atoms with Crippen molar-refractivity contribution in [3.63, 3.8) is 0 Å². The van der Waals surface area contributed by atoms with E-state index >= 15 is 0 Å². The van der Waals surface area contributed by atoms with Crippen molar-refractivity contribution in [2.75, 3.05) is 19.7 Å². The van der Waals surface area contributed by atoms with E-state index in [4.69, 9.17) is 5.11 Å². The van der Waals surface area contributed by atoms with Gasteiger partial charge in [0.1, 0.15) is 0 Å². The average molecular weight is 187 g/mol. The zero-order valence-corrected chi connectivity index (χ0v) is 8.66. The van der Waals surface area contributed by atoms with Crippen LogP contribution < -0.4 is 0 Å². The summed E-state index contributed by atoms with van der Waals surface area (Å²) in [7, 11) is 0. The molecule has 0 aromatic heterocycles. The van der Waals surface area contributed by atoms with Crippen molar-refractivity contribution in [1.82, 2.24) is 4.90 Å². The van der Waals surface area contributed by atoms with E-state index in [9.17, 15) is 5.11 Å². The molecule has 1 aliphatic rings. The molecule has 1 aliphatic heterocycles. The SMILES string of the molecule is CCC(C)(O)CN1CCCC1CO. The summed E-state index contributed by atoms with van der Waals surface area (Å²) >= 11 is 0. The molecule has 1 fully saturated rings. The third kappa shape index (κ3) is 2.93. The Labute approximate surface area is 80.4 Å². The highest BCUT2D eigenvalue weighted by atomic mass is 16.3. The molecule has 0 aliphatic carbocycles. The van der Waals surface area contributed by atoms with E-state index in [0.29, 0.717) is 6.54 Å². The van der Waals surface area contributed by atoms with Crippen molar-refractivity contribution < 1.29 is 10.2 Å². The lowest BCUT2D eigenvalue weighted by molar-refractivity contribution is 0.00585. The molecule has 1 saturated heterocycles. The first-order valence-corrected chi connectivity index (χ1v) is 5.16. The molecule has 0 spiro atoms. The predicted octanol–water partition coefficient (Wildman–Crippen LogP) is 0.604. The first-order valence-electron chi connectivity index (χ1n) is 5.16. The quantitative estimate of drug-likeness (QED) is 0.677. The van der Waals surface area contributed by atoms with Crippen LogP contribution >= 0.6 is 0 Å². The summed E-state index contributed by atoms with van der Waals surface area (Å²) in [6, 6.07) is 0.276. The Morgan fingerprint density at radius 2 is 2.23 bits per heavy atom. The predicted molar refractivity (Wildman–Crippen MR) is 52.6 cm³/mol. The van der Waals surface area contributed by atoms with Gasteiger partial charge in [0, 0.05) is 12.6 Å². The number of hydrogen-bond donors (Lipinski definition) is 2. The van der Waals surface area contributed by atoms with Crippen molar-refractivity contribution >= 4 is 0 Å². The summed E-state index contributed by atoms with van der Waals surface area (Å²) in [5.74, 6) is 0. The molecular formula is C10H21NO2. The van der Waals surface area contributed by atoms with Gasteiger partial charge in [0.05, 0.1) is 12.2 Å². The first kappa shape index (κ1) is 11.0. The Morgan fingerprint density at radius 1 is 1.54 bits per heavy atom. The van der Waals surface area contributed by atoms with E-state index in [0.717, 1.165) is 25.8 Å². The maximum atomic E-state index is 9.87. The Balaban J connectivity index is 2.43. The fraction of sp³-hybridized carbons (Fsp3) is 1.00. The molecule has 0 saturated carbocycles. The molecule has 0 radical (unpaired) electrons. The lowest BCUT2D eigenvalue weighted by Gasteiger charge is -2.31. The molecule has 3 nitrogen and oxygen atoms in total. The van der Waals surface area contributed by atoms with Gasteiger partial charge in [-0.3, -0.25) is 4.90 Å². The van der Waals surface area contributed by atoms with Gasteiger partial charge in [0.25, 0.3) is 0 Å². The molecule has 0 aromatic rings. The van der Waals surface area contributed by atoms with Crippen LogP contribution in [0.5, 0.6) is 0 Å². The van der Waals surface area contributed by atoms with Crippen molar-refractivity contribution in [1.29, 1.82) is 0 Å². The van der Waals surface area contributed by atoms with E-state index in [-0.39, 0.29) is 12.6 Å². The summed E-state index contributed by atoms with van der Waals surface area (Å²) in [5, 5.41) is 19.0. The monoisotopic (exact) mass is 187 g/mol. The molecular weight excluding hydrogens is 166 g/mol. The highest BCUT2D eigenvalue weighted by Gasteiger charge is 2.29. The van der Waals surface area contributed by atoms with Crippen LogP contribution in [0.15, 0.2) is 0 Å². The van der Waals surface area contributed by atoms with E-state index in [1.807, 2.05) is 13.8 Å². The summed E-state index contributed by atoms with van der Waals surface area (Å²) in [6.45, 7) is 5.78. The van der Waals surface area contributed by atoms with Crippen LogP contribution in [0, 0.1) is 0 Å². The largest absolute Gasteiger partial charge is 0.395 e. The minimum atomic E-state index is -0.599. The minimum Gasteiger partial charge on any atom is -0.395 e. The standard InChI is InChI=1S/C10H21NO2/c1-3-10(2,13)8-11-6-4-5-9(11)7-12/h9,12-13H,3-8H2,1-2H3. The first-order chi connectivity index (χ1) is 6.09. The third-order valence-electron chi connectivity index (χ3n) is 3.02. The number of aliphatic hydroxyl groups is 2. The van der Waals surface area contributed by atoms with E-state index in [2.05, 4.69) is 4.90 Å². The van der Waals surface area contributed by atoms with Gasteiger partial charge >= 0.3 is 0 Å². The Morgan fingerprint density at radius 3 is 2.77 bits per heavy atom. The Kier molecular flexibility index (Phi) is 3.71. The van der Waals surface area contributed by atoms with E-state index < -0.39 is 5.60 Å². The van der Waals surface area contributed by atoms with Crippen molar-refractivity contribution in [2.45, 2.75) is 44.8 Å². The molecule has 13 heavy (non-hydrogen) atoms. The maximum absolute atomic E-state index is 9.87.